The fourth-order valence-electron chi connectivity index (χ4n) is 2.71. The van der Waals surface area contributed by atoms with Gasteiger partial charge in [-0.05, 0) is 24.6 Å². The molecular formula is C15H16N2O2. The molecule has 1 aliphatic rings. The summed E-state index contributed by atoms with van der Waals surface area (Å²) in [5.41, 5.74) is 2.19. The van der Waals surface area contributed by atoms with Gasteiger partial charge in [0, 0.05) is 24.7 Å². The first kappa shape index (κ1) is 12.1. The number of aromatic nitrogens is 1. The molecular weight excluding hydrogens is 240 g/mol. The molecule has 2 heterocycles. The molecule has 1 unspecified atom stereocenters. The Bertz CT molecular complexity index is 607. The molecule has 3 rings (SSSR count). The van der Waals surface area contributed by atoms with Crippen LogP contribution in [0.15, 0.2) is 36.5 Å². The highest BCUT2D eigenvalue weighted by Crippen LogP contribution is 2.22. The number of rotatable bonds is 3. The Balaban J connectivity index is 1.81. The number of fused-ring (bicyclic) bond motifs is 1. The first-order chi connectivity index (χ1) is 9.24. The summed E-state index contributed by atoms with van der Waals surface area (Å²) in [7, 11) is 0. The van der Waals surface area contributed by atoms with Gasteiger partial charge in [0.2, 0.25) is 0 Å². The Morgan fingerprint density at radius 2 is 2.21 bits per heavy atom. The Hall–Kier alpha value is -1.94. The van der Waals surface area contributed by atoms with Crippen LogP contribution in [0.3, 0.4) is 0 Å². The van der Waals surface area contributed by atoms with Gasteiger partial charge < -0.3 is 5.11 Å². The number of carboxylic acids is 1. The van der Waals surface area contributed by atoms with E-state index in [0.29, 0.717) is 6.54 Å². The van der Waals surface area contributed by atoms with Gasteiger partial charge in [0.05, 0.1) is 11.4 Å². The molecule has 1 N–H and O–H groups in total. The van der Waals surface area contributed by atoms with Crippen molar-refractivity contribution in [2.45, 2.75) is 13.0 Å². The minimum Gasteiger partial charge on any atom is -0.481 e. The quantitative estimate of drug-likeness (QED) is 0.914. The third kappa shape index (κ3) is 2.44. The number of benzene rings is 1. The summed E-state index contributed by atoms with van der Waals surface area (Å²) in [4.78, 5) is 17.6. The number of nitrogens with zero attached hydrogens (tertiary/aromatic N) is 2. The van der Waals surface area contributed by atoms with Crippen molar-refractivity contribution in [1.82, 2.24) is 9.88 Å². The minimum absolute atomic E-state index is 0.220. The lowest BCUT2D eigenvalue weighted by Crippen LogP contribution is -2.23. The lowest BCUT2D eigenvalue weighted by molar-refractivity contribution is -0.141. The first-order valence-corrected chi connectivity index (χ1v) is 6.52. The number of carbonyl (C=O) groups is 1. The van der Waals surface area contributed by atoms with Crippen molar-refractivity contribution in [3.05, 3.63) is 42.1 Å². The van der Waals surface area contributed by atoms with E-state index < -0.39 is 5.97 Å². The molecule has 98 valence electrons. The molecule has 1 aromatic heterocycles. The lowest BCUT2D eigenvalue weighted by Gasteiger charge is -2.16. The molecule has 1 atom stereocenters. The van der Waals surface area contributed by atoms with Crippen LogP contribution in [0.2, 0.25) is 0 Å². The third-order valence-electron chi connectivity index (χ3n) is 3.73. The number of carboxylic acid groups (broad SMARTS) is 1. The normalized spacial score (nSPS) is 19.9. The highest BCUT2D eigenvalue weighted by molar-refractivity contribution is 5.81. The number of hydrogen-bond acceptors (Lipinski definition) is 3. The van der Waals surface area contributed by atoms with Crippen molar-refractivity contribution in [2.75, 3.05) is 13.1 Å². The second kappa shape index (κ2) is 4.97. The van der Waals surface area contributed by atoms with Gasteiger partial charge in [-0.3, -0.25) is 14.7 Å². The highest BCUT2D eigenvalue weighted by atomic mass is 16.4. The summed E-state index contributed by atoms with van der Waals surface area (Å²) in [6.07, 6.45) is 2.55. The van der Waals surface area contributed by atoms with Crippen molar-refractivity contribution in [2.24, 2.45) is 5.92 Å². The molecule has 0 saturated carbocycles. The molecule has 1 saturated heterocycles. The molecule has 0 radical (unpaired) electrons. The van der Waals surface area contributed by atoms with Gasteiger partial charge >= 0.3 is 5.97 Å². The summed E-state index contributed by atoms with van der Waals surface area (Å²) in [5, 5.41) is 10.2. The molecule has 19 heavy (non-hydrogen) atoms. The summed E-state index contributed by atoms with van der Waals surface area (Å²) < 4.78 is 0. The van der Waals surface area contributed by atoms with Gasteiger partial charge in [-0.2, -0.15) is 0 Å². The van der Waals surface area contributed by atoms with Crippen molar-refractivity contribution in [3.63, 3.8) is 0 Å². The Labute approximate surface area is 111 Å². The number of pyridine rings is 1. The lowest BCUT2D eigenvalue weighted by atomic mass is 10.1. The average Bonchev–Trinajstić information content (AvgIpc) is 2.88. The molecule has 4 heteroatoms. The topological polar surface area (TPSA) is 53.4 Å². The van der Waals surface area contributed by atoms with Crippen molar-refractivity contribution < 1.29 is 9.90 Å². The third-order valence-corrected chi connectivity index (χ3v) is 3.73. The maximum absolute atomic E-state index is 11.0. The standard InChI is InChI=1S/C15H16N2O2/c18-15(19)13-6-8-17(10-13)9-12-4-1-3-11-5-2-7-16-14(11)12/h1-5,7,13H,6,8-10H2,(H,18,19). The Kier molecular flexibility index (Phi) is 3.17. The highest BCUT2D eigenvalue weighted by Gasteiger charge is 2.27. The van der Waals surface area contributed by atoms with Gasteiger partial charge in [0.25, 0.3) is 0 Å². The summed E-state index contributed by atoms with van der Waals surface area (Å²) in [6, 6.07) is 10.1. The van der Waals surface area contributed by atoms with E-state index in [1.165, 1.54) is 5.56 Å². The summed E-state index contributed by atoms with van der Waals surface area (Å²) >= 11 is 0. The first-order valence-electron chi connectivity index (χ1n) is 6.52. The average molecular weight is 256 g/mol. The molecule has 0 amide bonds. The van der Waals surface area contributed by atoms with Gasteiger partial charge in [0.1, 0.15) is 0 Å². The summed E-state index contributed by atoms with van der Waals surface area (Å²) in [6.45, 7) is 2.26. The van der Waals surface area contributed by atoms with E-state index in [4.69, 9.17) is 5.11 Å². The zero-order valence-corrected chi connectivity index (χ0v) is 10.6. The number of likely N-dealkylation sites (tertiary alicyclic amines) is 1. The monoisotopic (exact) mass is 256 g/mol. The van der Waals surface area contributed by atoms with Crippen molar-refractivity contribution in [3.8, 4) is 0 Å². The second-order valence-electron chi connectivity index (χ2n) is 5.05. The predicted molar refractivity (Wildman–Crippen MR) is 72.8 cm³/mol. The van der Waals surface area contributed by atoms with Gasteiger partial charge in [-0.15, -0.1) is 0 Å². The zero-order valence-electron chi connectivity index (χ0n) is 10.6. The zero-order chi connectivity index (χ0) is 13.2. The van der Waals surface area contributed by atoms with Gasteiger partial charge in [-0.25, -0.2) is 0 Å². The fraction of sp³-hybridized carbons (Fsp3) is 0.333. The van der Waals surface area contributed by atoms with E-state index in [2.05, 4.69) is 28.1 Å². The van der Waals surface area contributed by atoms with E-state index in [-0.39, 0.29) is 5.92 Å². The molecule has 4 nitrogen and oxygen atoms in total. The summed E-state index contributed by atoms with van der Waals surface area (Å²) in [5.74, 6) is -0.901. The van der Waals surface area contributed by atoms with Crippen molar-refractivity contribution in [1.29, 1.82) is 0 Å². The minimum atomic E-state index is -0.682. The van der Waals surface area contributed by atoms with Crippen LogP contribution in [0.1, 0.15) is 12.0 Å². The Morgan fingerprint density at radius 3 is 3.00 bits per heavy atom. The smallest absolute Gasteiger partial charge is 0.307 e. The van der Waals surface area contributed by atoms with Crippen molar-refractivity contribution >= 4 is 16.9 Å². The largest absolute Gasteiger partial charge is 0.481 e. The van der Waals surface area contributed by atoms with Gasteiger partial charge in [0.15, 0.2) is 0 Å². The van der Waals surface area contributed by atoms with E-state index in [9.17, 15) is 4.79 Å². The Morgan fingerprint density at radius 1 is 1.37 bits per heavy atom. The van der Waals surface area contributed by atoms with E-state index in [1.807, 2.05) is 12.1 Å². The van der Waals surface area contributed by atoms with Gasteiger partial charge in [-0.1, -0.05) is 24.3 Å². The van der Waals surface area contributed by atoms with Crippen LogP contribution in [-0.4, -0.2) is 34.0 Å². The predicted octanol–water partition coefficient (Wildman–Crippen LogP) is 2.14. The number of hydrogen-bond donors (Lipinski definition) is 1. The number of para-hydroxylation sites is 1. The maximum atomic E-state index is 11.0. The SMILES string of the molecule is O=C(O)C1CCN(Cc2cccc3cccnc23)C1. The van der Waals surface area contributed by atoms with Crippen LogP contribution >= 0.6 is 0 Å². The molecule has 2 aromatic rings. The van der Waals surface area contributed by atoms with Crippen LogP contribution in [-0.2, 0) is 11.3 Å². The molecule has 1 fully saturated rings. The molecule has 0 aliphatic carbocycles. The van der Waals surface area contributed by atoms with Crippen LogP contribution < -0.4 is 0 Å². The van der Waals surface area contributed by atoms with E-state index >= 15 is 0 Å². The van der Waals surface area contributed by atoms with E-state index in [1.54, 1.807) is 6.20 Å². The molecule has 0 bridgehead atoms. The number of aliphatic carboxylic acids is 1. The molecule has 1 aliphatic heterocycles. The molecule has 1 aromatic carbocycles. The van der Waals surface area contributed by atoms with Crippen LogP contribution in [0, 0.1) is 5.92 Å². The fourth-order valence-corrected chi connectivity index (χ4v) is 2.71. The molecule has 0 spiro atoms. The van der Waals surface area contributed by atoms with Crippen LogP contribution in [0.25, 0.3) is 10.9 Å². The van der Waals surface area contributed by atoms with Crippen LogP contribution in [0.5, 0.6) is 0 Å². The van der Waals surface area contributed by atoms with E-state index in [0.717, 1.165) is 30.4 Å². The van der Waals surface area contributed by atoms with Crippen LogP contribution in [0.4, 0.5) is 0 Å². The second-order valence-corrected chi connectivity index (χ2v) is 5.05. The maximum Gasteiger partial charge on any atom is 0.307 e.